The molecule has 0 amide bonds. The molecular weight excluding hydrogens is 547 g/mol. The number of esters is 2. The Morgan fingerprint density at radius 2 is 1.35 bits per heavy atom. The highest BCUT2D eigenvalue weighted by Gasteiger charge is 2.13. The fourth-order valence-electron chi connectivity index (χ4n) is 4.60. The average Bonchev–Trinajstić information content (AvgIpc) is 3.03. The molecule has 1 unspecified atom stereocenters. The summed E-state index contributed by atoms with van der Waals surface area (Å²) in [7, 11) is 0. The minimum Gasteiger partial charge on any atom is -0.494 e. The van der Waals surface area contributed by atoms with Crippen LogP contribution in [0.5, 0.6) is 5.75 Å². The van der Waals surface area contributed by atoms with Gasteiger partial charge in [0.05, 0.1) is 25.9 Å². The molecule has 0 aliphatic heterocycles. The molecule has 7 heteroatoms. The van der Waals surface area contributed by atoms with Crippen molar-refractivity contribution < 1.29 is 32.9 Å². The highest BCUT2D eigenvalue weighted by molar-refractivity contribution is 5.81. The van der Waals surface area contributed by atoms with Gasteiger partial charge in [0.1, 0.15) is 11.6 Å². The van der Waals surface area contributed by atoms with Crippen LogP contribution in [0.15, 0.2) is 86.0 Å². The van der Waals surface area contributed by atoms with Crippen molar-refractivity contribution in [2.45, 2.75) is 63.9 Å². The van der Waals surface area contributed by atoms with E-state index >= 15 is 4.39 Å². The molecule has 230 valence electrons. The first-order valence-corrected chi connectivity index (χ1v) is 15.1. The van der Waals surface area contributed by atoms with Crippen molar-refractivity contribution in [2.75, 3.05) is 26.4 Å². The number of benzene rings is 2. The third kappa shape index (κ3) is 12.4. The van der Waals surface area contributed by atoms with E-state index in [0.717, 1.165) is 80.2 Å². The molecule has 0 N–H and O–H groups in total. The number of halogens is 1. The Kier molecular flexibility index (Phi) is 15.0. The van der Waals surface area contributed by atoms with E-state index in [1.165, 1.54) is 12.2 Å². The predicted molar refractivity (Wildman–Crippen MR) is 168 cm³/mol. The Hall–Kier alpha value is -3.97. The van der Waals surface area contributed by atoms with Crippen LogP contribution in [-0.2, 0) is 23.8 Å². The molecule has 1 aliphatic carbocycles. The lowest BCUT2D eigenvalue weighted by Gasteiger charge is -2.18. The third-order valence-electron chi connectivity index (χ3n) is 7.03. The predicted octanol–water partition coefficient (Wildman–Crippen LogP) is 8.18. The van der Waals surface area contributed by atoms with E-state index in [9.17, 15) is 9.59 Å². The number of ether oxygens (including phenoxy) is 4. The maximum Gasteiger partial charge on any atom is 0.330 e. The first-order chi connectivity index (χ1) is 21.0. The number of carbonyl (C=O) groups excluding carboxylic acids is 2. The van der Waals surface area contributed by atoms with Crippen LogP contribution in [0.2, 0.25) is 0 Å². The lowest BCUT2D eigenvalue weighted by Crippen LogP contribution is -2.12. The summed E-state index contributed by atoms with van der Waals surface area (Å²) in [6.45, 7) is 8.86. The molecule has 3 rings (SSSR count). The molecule has 0 bridgehead atoms. The van der Waals surface area contributed by atoms with E-state index < -0.39 is 0 Å². The highest BCUT2D eigenvalue weighted by atomic mass is 19.1. The zero-order valence-electron chi connectivity index (χ0n) is 24.9. The van der Waals surface area contributed by atoms with E-state index in [-0.39, 0.29) is 23.9 Å². The largest absolute Gasteiger partial charge is 0.494 e. The van der Waals surface area contributed by atoms with Crippen LogP contribution in [0, 0.1) is 5.82 Å². The van der Waals surface area contributed by atoms with E-state index in [4.69, 9.17) is 18.9 Å². The van der Waals surface area contributed by atoms with Crippen LogP contribution in [0.4, 0.5) is 4.39 Å². The van der Waals surface area contributed by atoms with E-state index in [1.807, 2.05) is 48.6 Å². The quantitative estimate of drug-likeness (QED) is 0.0880. The normalized spacial score (nSPS) is 14.1. The van der Waals surface area contributed by atoms with Gasteiger partial charge in [0.2, 0.25) is 0 Å². The minimum absolute atomic E-state index is 0.0242. The molecule has 43 heavy (non-hydrogen) atoms. The second-order valence-corrected chi connectivity index (χ2v) is 10.3. The SMILES string of the molecule is C=CC(=O)OCCCCCCOc1ccc(-c2ccc(C3=CCC(OCCCCCCOC(=O)C=C)C=C3)cc2F)cc1. The Balaban J connectivity index is 1.34. The zero-order valence-corrected chi connectivity index (χ0v) is 24.9. The van der Waals surface area contributed by atoms with Gasteiger partial charge in [-0.1, -0.05) is 62.1 Å². The fourth-order valence-corrected chi connectivity index (χ4v) is 4.60. The van der Waals surface area contributed by atoms with Crippen LogP contribution in [0.1, 0.15) is 63.4 Å². The van der Waals surface area contributed by atoms with E-state index in [0.29, 0.717) is 32.0 Å². The van der Waals surface area contributed by atoms with Gasteiger partial charge in [0.25, 0.3) is 0 Å². The van der Waals surface area contributed by atoms with Crippen molar-refractivity contribution >= 4 is 17.5 Å². The number of unbranched alkanes of at least 4 members (excludes halogenated alkanes) is 6. The molecule has 0 spiro atoms. The monoisotopic (exact) mass is 590 g/mol. The van der Waals surface area contributed by atoms with Crippen LogP contribution in [-0.4, -0.2) is 44.5 Å². The molecule has 1 aliphatic rings. The number of hydrogen-bond donors (Lipinski definition) is 0. The van der Waals surface area contributed by atoms with Crippen molar-refractivity contribution in [1.29, 1.82) is 0 Å². The lowest BCUT2D eigenvalue weighted by atomic mass is 9.95. The van der Waals surface area contributed by atoms with Crippen molar-refractivity contribution in [3.8, 4) is 16.9 Å². The second-order valence-electron chi connectivity index (χ2n) is 10.3. The molecule has 2 aromatic carbocycles. The van der Waals surface area contributed by atoms with Gasteiger partial charge in [0.15, 0.2) is 0 Å². The smallest absolute Gasteiger partial charge is 0.330 e. The van der Waals surface area contributed by atoms with Gasteiger partial charge in [-0.15, -0.1) is 0 Å². The Morgan fingerprint density at radius 1 is 0.767 bits per heavy atom. The van der Waals surface area contributed by atoms with Gasteiger partial charge < -0.3 is 18.9 Å². The number of allylic oxidation sites excluding steroid dienone is 2. The summed E-state index contributed by atoms with van der Waals surface area (Å²) in [5.41, 5.74) is 3.17. The van der Waals surface area contributed by atoms with E-state index in [1.54, 1.807) is 6.07 Å². The van der Waals surface area contributed by atoms with Gasteiger partial charge in [-0.3, -0.25) is 0 Å². The molecule has 0 saturated heterocycles. The van der Waals surface area contributed by atoms with Crippen molar-refractivity contribution in [3.05, 3.63) is 97.4 Å². The minimum atomic E-state index is -0.385. The molecule has 0 saturated carbocycles. The maximum atomic E-state index is 15.1. The topological polar surface area (TPSA) is 71.1 Å². The molecule has 0 radical (unpaired) electrons. The number of carbonyl (C=O) groups is 2. The van der Waals surface area contributed by atoms with Gasteiger partial charge in [0, 0.05) is 24.3 Å². The summed E-state index contributed by atoms with van der Waals surface area (Å²) in [6, 6.07) is 12.8. The summed E-state index contributed by atoms with van der Waals surface area (Å²) in [6.07, 6.45) is 16.7. The standard InChI is InChI=1S/C36H43FO6/c1-3-35(38)42-25-11-7-5-9-23-40-31-18-13-28(14-19-31)30-17-22-33(34(37)27-30)29-15-20-32(21-16-29)41-24-10-6-8-12-26-43-36(39)4-2/h3-4,13-18,20-22,27,31H,1-2,5-12,19,23-26H2. The van der Waals surface area contributed by atoms with Crippen LogP contribution >= 0.6 is 0 Å². The first-order valence-electron chi connectivity index (χ1n) is 15.1. The van der Waals surface area contributed by atoms with Crippen LogP contribution < -0.4 is 4.74 Å². The van der Waals surface area contributed by atoms with Crippen molar-refractivity contribution in [2.24, 2.45) is 0 Å². The molecule has 2 aromatic rings. The molecule has 0 heterocycles. The zero-order chi connectivity index (χ0) is 30.7. The summed E-state index contributed by atoms with van der Waals surface area (Å²) in [5, 5.41) is 0. The molecule has 6 nitrogen and oxygen atoms in total. The van der Waals surface area contributed by atoms with E-state index in [2.05, 4.69) is 19.2 Å². The third-order valence-corrected chi connectivity index (χ3v) is 7.03. The Bertz CT molecular complexity index is 1250. The van der Waals surface area contributed by atoms with Gasteiger partial charge >= 0.3 is 11.9 Å². The Labute approximate surface area is 254 Å². The second kappa shape index (κ2) is 19.3. The average molecular weight is 591 g/mol. The molecular formula is C36H43FO6. The summed E-state index contributed by atoms with van der Waals surface area (Å²) in [5.74, 6) is -0.277. The Morgan fingerprint density at radius 3 is 1.91 bits per heavy atom. The summed E-state index contributed by atoms with van der Waals surface area (Å²) in [4.78, 5) is 22.0. The molecule has 1 atom stereocenters. The number of rotatable bonds is 20. The van der Waals surface area contributed by atoms with Crippen molar-refractivity contribution in [3.63, 3.8) is 0 Å². The lowest BCUT2D eigenvalue weighted by molar-refractivity contribution is -0.138. The van der Waals surface area contributed by atoms with Gasteiger partial charge in [-0.05, 0) is 86.3 Å². The van der Waals surface area contributed by atoms with Crippen molar-refractivity contribution in [1.82, 2.24) is 0 Å². The fraction of sp³-hybridized carbons (Fsp3) is 0.389. The maximum absolute atomic E-state index is 15.1. The molecule has 0 aromatic heterocycles. The molecule has 0 fully saturated rings. The summed E-state index contributed by atoms with van der Waals surface area (Å²) < 4.78 is 36.8. The number of hydrogen-bond acceptors (Lipinski definition) is 6. The van der Waals surface area contributed by atoms with Gasteiger partial charge in [-0.2, -0.15) is 0 Å². The van der Waals surface area contributed by atoms with Crippen LogP contribution in [0.25, 0.3) is 16.7 Å². The van der Waals surface area contributed by atoms with Crippen LogP contribution in [0.3, 0.4) is 0 Å². The van der Waals surface area contributed by atoms with Gasteiger partial charge in [-0.25, -0.2) is 14.0 Å². The highest BCUT2D eigenvalue weighted by Crippen LogP contribution is 2.30. The summed E-state index contributed by atoms with van der Waals surface area (Å²) >= 11 is 0. The first kappa shape index (κ1) is 33.5.